The van der Waals surface area contributed by atoms with Crippen molar-refractivity contribution < 1.29 is 19.1 Å². The lowest BCUT2D eigenvalue weighted by atomic mass is 10.2. The van der Waals surface area contributed by atoms with Crippen LogP contribution in [0.15, 0.2) is 36.7 Å². The van der Waals surface area contributed by atoms with Gasteiger partial charge in [0, 0.05) is 44.2 Å². The lowest BCUT2D eigenvalue weighted by Crippen LogP contribution is -2.43. The summed E-state index contributed by atoms with van der Waals surface area (Å²) in [7, 11) is 4.69. The van der Waals surface area contributed by atoms with Gasteiger partial charge >= 0.3 is 0 Å². The molecule has 1 atom stereocenters. The van der Waals surface area contributed by atoms with Gasteiger partial charge in [-0.3, -0.25) is 19.6 Å². The second-order valence-electron chi connectivity index (χ2n) is 5.72. The number of methoxy groups -OCH3 is 2. The first-order chi connectivity index (χ1) is 12.4. The van der Waals surface area contributed by atoms with Crippen molar-refractivity contribution in [3.8, 4) is 11.5 Å². The maximum absolute atomic E-state index is 12.5. The van der Waals surface area contributed by atoms with Gasteiger partial charge in [-0.1, -0.05) is 0 Å². The van der Waals surface area contributed by atoms with Crippen molar-refractivity contribution in [3.63, 3.8) is 0 Å². The molecule has 2 rings (SSSR count). The van der Waals surface area contributed by atoms with Crippen molar-refractivity contribution in [1.82, 2.24) is 20.2 Å². The Morgan fingerprint density at radius 3 is 2.19 bits per heavy atom. The first-order valence-corrected chi connectivity index (χ1v) is 8.01. The molecule has 2 heterocycles. The average Bonchev–Trinajstić information content (AvgIpc) is 2.67. The number of carbonyl (C=O) groups is 2. The van der Waals surface area contributed by atoms with Crippen LogP contribution in [-0.4, -0.2) is 60.5 Å². The highest BCUT2D eigenvalue weighted by molar-refractivity contribution is 5.93. The zero-order chi connectivity index (χ0) is 19.1. The molecule has 138 valence electrons. The molecule has 0 fully saturated rings. The summed E-state index contributed by atoms with van der Waals surface area (Å²) < 4.78 is 10.2. The molecule has 2 aromatic rings. The predicted molar refractivity (Wildman–Crippen MR) is 95.5 cm³/mol. The van der Waals surface area contributed by atoms with Gasteiger partial charge in [-0.15, -0.1) is 0 Å². The normalized spacial score (nSPS) is 11.4. The topological polar surface area (TPSA) is 93.7 Å². The van der Waals surface area contributed by atoms with Crippen LogP contribution in [-0.2, 0) is 0 Å². The molecule has 0 saturated heterocycles. The summed E-state index contributed by atoms with van der Waals surface area (Å²) in [6.07, 6.45) is 3.02. The smallest absolute Gasteiger partial charge is 0.272 e. The van der Waals surface area contributed by atoms with Crippen molar-refractivity contribution in [3.05, 3.63) is 48.0 Å². The van der Waals surface area contributed by atoms with E-state index >= 15 is 0 Å². The van der Waals surface area contributed by atoms with Gasteiger partial charge in [-0.25, -0.2) is 0 Å². The molecule has 1 N–H and O–H groups in total. The molecular weight excluding hydrogens is 336 g/mol. The van der Waals surface area contributed by atoms with Gasteiger partial charge in [-0.05, 0) is 19.1 Å². The third-order valence-corrected chi connectivity index (χ3v) is 3.66. The molecule has 1 unspecified atom stereocenters. The molecule has 0 aromatic carbocycles. The third-order valence-electron chi connectivity index (χ3n) is 3.66. The Balaban J connectivity index is 1.96. The molecule has 0 aliphatic carbocycles. The van der Waals surface area contributed by atoms with E-state index in [9.17, 15) is 9.59 Å². The monoisotopic (exact) mass is 358 g/mol. The van der Waals surface area contributed by atoms with Crippen LogP contribution in [0.5, 0.6) is 11.5 Å². The third kappa shape index (κ3) is 4.92. The molecular formula is C18H22N4O4. The molecule has 0 saturated carbocycles. The number of hydrogen-bond donors (Lipinski definition) is 1. The lowest BCUT2D eigenvalue weighted by Gasteiger charge is -2.22. The highest BCUT2D eigenvalue weighted by Gasteiger charge is 2.18. The van der Waals surface area contributed by atoms with E-state index in [1.807, 2.05) is 0 Å². The summed E-state index contributed by atoms with van der Waals surface area (Å²) >= 11 is 0. The summed E-state index contributed by atoms with van der Waals surface area (Å²) in [5, 5.41) is 2.81. The molecule has 8 nitrogen and oxygen atoms in total. The number of likely N-dealkylation sites (N-methyl/N-ethyl adjacent to an activating group) is 1. The Morgan fingerprint density at radius 1 is 1.08 bits per heavy atom. The van der Waals surface area contributed by atoms with Crippen LogP contribution < -0.4 is 14.8 Å². The summed E-state index contributed by atoms with van der Waals surface area (Å²) in [6.45, 7) is 2.12. The minimum atomic E-state index is -0.336. The zero-order valence-electron chi connectivity index (χ0n) is 15.2. The molecule has 0 aliphatic heterocycles. The number of pyridine rings is 2. The second kappa shape index (κ2) is 8.80. The van der Waals surface area contributed by atoms with E-state index in [0.717, 1.165) is 0 Å². The van der Waals surface area contributed by atoms with Crippen LogP contribution in [0.4, 0.5) is 0 Å². The summed E-state index contributed by atoms with van der Waals surface area (Å²) in [6, 6.07) is 6.17. The number of carbonyl (C=O) groups excluding carboxylic acids is 2. The van der Waals surface area contributed by atoms with E-state index in [1.54, 1.807) is 38.2 Å². The summed E-state index contributed by atoms with van der Waals surface area (Å²) in [5.74, 6) is 0.512. The number of nitrogens with zero attached hydrogens (tertiary/aromatic N) is 3. The minimum Gasteiger partial charge on any atom is -0.497 e. The highest BCUT2D eigenvalue weighted by Crippen LogP contribution is 2.12. The van der Waals surface area contributed by atoms with Gasteiger partial charge in [0.15, 0.2) is 0 Å². The molecule has 0 bridgehead atoms. The maximum atomic E-state index is 12.5. The molecule has 26 heavy (non-hydrogen) atoms. The van der Waals surface area contributed by atoms with Crippen LogP contribution in [0, 0.1) is 0 Å². The first kappa shape index (κ1) is 19.2. The highest BCUT2D eigenvalue weighted by atomic mass is 16.5. The number of rotatable bonds is 7. The Hall–Kier alpha value is -3.16. The molecule has 0 radical (unpaired) electrons. The van der Waals surface area contributed by atoms with E-state index < -0.39 is 0 Å². The van der Waals surface area contributed by atoms with Gasteiger partial charge in [0.2, 0.25) is 0 Å². The number of aromatic nitrogens is 2. The zero-order valence-corrected chi connectivity index (χ0v) is 15.2. The minimum absolute atomic E-state index is 0.250. The summed E-state index contributed by atoms with van der Waals surface area (Å²) in [5.41, 5.74) is 0.527. The number of amides is 2. The number of ether oxygens (including phenoxy) is 2. The van der Waals surface area contributed by atoms with Crippen molar-refractivity contribution in [1.29, 1.82) is 0 Å². The Kier molecular flexibility index (Phi) is 6.48. The first-order valence-electron chi connectivity index (χ1n) is 8.01. The van der Waals surface area contributed by atoms with Crippen LogP contribution in [0.1, 0.15) is 27.9 Å². The Labute approximate surface area is 152 Å². The van der Waals surface area contributed by atoms with Crippen LogP contribution in [0.25, 0.3) is 0 Å². The Morgan fingerprint density at radius 2 is 1.62 bits per heavy atom. The molecule has 8 heteroatoms. The van der Waals surface area contributed by atoms with Gasteiger partial charge in [0.25, 0.3) is 11.8 Å². The van der Waals surface area contributed by atoms with E-state index in [2.05, 4.69) is 15.3 Å². The molecule has 2 amide bonds. The predicted octanol–water partition coefficient (Wildman–Crippen LogP) is 1.38. The Bertz CT molecular complexity index is 781. The van der Waals surface area contributed by atoms with Crippen LogP contribution >= 0.6 is 0 Å². The standard InChI is InChI=1S/C18H22N4O4/c1-12(21-17(23)15-9-13(25-3)5-7-19-15)11-22(2)18(24)16-10-14(26-4)6-8-20-16/h5-10,12H,11H2,1-4H3,(H,21,23). The van der Waals surface area contributed by atoms with Crippen molar-refractivity contribution in [2.75, 3.05) is 27.8 Å². The fraction of sp³-hybridized carbons (Fsp3) is 0.333. The second-order valence-corrected chi connectivity index (χ2v) is 5.72. The maximum Gasteiger partial charge on any atom is 0.272 e. The lowest BCUT2D eigenvalue weighted by molar-refractivity contribution is 0.0763. The number of nitrogens with one attached hydrogen (secondary N) is 1. The fourth-order valence-corrected chi connectivity index (χ4v) is 2.35. The number of hydrogen-bond acceptors (Lipinski definition) is 6. The average molecular weight is 358 g/mol. The van der Waals surface area contributed by atoms with E-state index in [4.69, 9.17) is 9.47 Å². The van der Waals surface area contributed by atoms with Gasteiger partial charge < -0.3 is 19.7 Å². The molecule has 2 aromatic heterocycles. The quantitative estimate of drug-likeness (QED) is 0.804. The van der Waals surface area contributed by atoms with Crippen LogP contribution in [0.3, 0.4) is 0 Å². The SMILES string of the molecule is COc1ccnc(C(=O)NC(C)CN(C)C(=O)c2cc(OC)ccn2)c1. The van der Waals surface area contributed by atoms with Crippen molar-refractivity contribution >= 4 is 11.8 Å². The molecule has 0 spiro atoms. The van der Waals surface area contributed by atoms with Gasteiger partial charge in [0.1, 0.15) is 22.9 Å². The van der Waals surface area contributed by atoms with Crippen LogP contribution in [0.2, 0.25) is 0 Å². The fourth-order valence-electron chi connectivity index (χ4n) is 2.35. The van der Waals surface area contributed by atoms with E-state index in [-0.39, 0.29) is 29.2 Å². The van der Waals surface area contributed by atoms with E-state index in [1.165, 1.54) is 31.5 Å². The van der Waals surface area contributed by atoms with Crippen molar-refractivity contribution in [2.45, 2.75) is 13.0 Å². The molecule has 0 aliphatic rings. The van der Waals surface area contributed by atoms with Crippen molar-refractivity contribution in [2.24, 2.45) is 0 Å². The van der Waals surface area contributed by atoms with E-state index in [0.29, 0.717) is 18.0 Å². The largest absolute Gasteiger partial charge is 0.497 e. The summed E-state index contributed by atoms with van der Waals surface area (Å²) in [4.78, 5) is 34.3. The van der Waals surface area contributed by atoms with Gasteiger partial charge in [0.05, 0.1) is 14.2 Å². The van der Waals surface area contributed by atoms with Gasteiger partial charge in [-0.2, -0.15) is 0 Å².